The molecular weight excluding hydrogens is 407 g/mol. The number of aliphatic imine (C=N–C) groups is 1. The fourth-order valence-electron chi connectivity index (χ4n) is 3.73. The zero-order valence-corrected chi connectivity index (χ0v) is 18.0. The number of alkyl halides is 3. The van der Waals surface area contributed by atoms with E-state index < -0.39 is 15.5 Å². The number of rotatable bonds is 7. The molecule has 0 aromatic rings. The van der Waals surface area contributed by atoms with Gasteiger partial charge in [-0.2, -0.15) is 17.5 Å². The molecule has 0 unspecified atom stereocenters. The Morgan fingerprint density at radius 1 is 1.03 bits per heavy atom. The molecule has 11 heteroatoms. The van der Waals surface area contributed by atoms with E-state index in [1.165, 1.54) is 25.7 Å². The normalized spacial score (nSPS) is 21.7. The lowest BCUT2D eigenvalue weighted by Gasteiger charge is -2.31. The first-order chi connectivity index (χ1) is 13.7. The summed E-state index contributed by atoms with van der Waals surface area (Å²) in [6, 6.07) is 0. The molecule has 0 spiro atoms. The minimum absolute atomic E-state index is 0.0794. The molecule has 2 heterocycles. The molecule has 0 aliphatic carbocycles. The van der Waals surface area contributed by atoms with E-state index >= 15 is 0 Å². The second-order valence-electron chi connectivity index (χ2n) is 7.70. The van der Waals surface area contributed by atoms with E-state index in [-0.39, 0.29) is 19.0 Å². The van der Waals surface area contributed by atoms with E-state index in [4.69, 9.17) is 0 Å². The molecule has 0 bridgehead atoms. The second kappa shape index (κ2) is 11.4. The van der Waals surface area contributed by atoms with E-state index in [1.807, 2.05) is 6.92 Å². The predicted octanol–water partition coefficient (Wildman–Crippen LogP) is 1.98. The third-order valence-corrected chi connectivity index (χ3v) is 7.11. The molecule has 2 fully saturated rings. The van der Waals surface area contributed by atoms with Crippen molar-refractivity contribution in [3.05, 3.63) is 0 Å². The quantitative estimate of drug-likeness (QED) is 0.467. The average Bonchev–Trinajstić information content (AvgIpc) is 2.94. The first-order valence-electron chi connectivity index (χ1n) is 10.5. The maximum absolute atomic E-state index is 12.7. The van der Waals surface area contributed by atoms with Gasteiger partial charge in [-0.3, -0.25) is 4.99 Å². The van der Waals surface area contributed by atoms with Gasteiger partial charge in [0.05, 0.1) is 0 Å². The molecule has 2 aliphatic rings. The number of nitrogens with zero attached hydrogens (tertiary/aromatic N) is 3. The van der Waals surface area contributed by atoms with E-state index in [9.17, 15) is 21.6 Å². The lowest BCUT2D eigenvalue weighted by Crippen LogP contribution is -2.45. The van der Waals surface area contributed by atoms with Gasteiger partial charge in [-0.1, -0.05) is 12.8 Å². The van der Waals surface area contributed by atoms with Gasteiger partial charge in [0.25, 0.3) is 0 Å². The van der Waals surface area contributed by atoms with Crippen molar-refractivity contribution in [3.63, 3.8) is 0 Å². The lowest BCUT2D eigenvalue weighted by molar-refractivity contribution is -0.0496. The van der Waals surface area contributed by atoms with E-state index in [2.05, 4.69) is 20.5 Å². The van der Waals surface area contributed by atoms with Crippen molar-refractivity contribution in [1.29, 1.82) is 0 Å². The van der Waals surface area contributed by atoms with Crippen molar-refractivity contribution >= 4 is 16.0 Å². The van der Waals surface area contributed by atoms with Crippen LogP contribution in [0.4, 0.5) is 13.2 Å². The van der Waals surface area contributed by atoms with Crippen molar-refractivity contribution in [2.75, 3.05) is 52.4 Å². The highest BCUT2D eigenvalue weighted by Gasteiger charge is 2.50. The summed E-state index contributed by atoms with van der Waals surface area (Å²) in [6.45, 7) is 6.96. The number of sulfonamides is 1. The average molecular weight is 442 g/mol. The van der Waals surface area contributed by atoms with Crippen LogP contribution in [0.5, 0.6) is 0 Å². The standard InChI is InChI=1S/C18H34F3N5O2S/c1-2-22-17(23-9-14-25-10-5-3-4-6-11-25)24-15-16-7-12-26(13-8-16)29(27,28)18(19,20)21/h16H,2-15H2,1H3,(H2,22,23,24). The summed E-state index contributed by atoms with van der Waals surface area (Å²) >= 11 is 0. The molecule has 0 amide bonds. The Balaban J connectivity index is 1.77. The maximum atomic E-state index is 12.7. The highest BCUT2D eigenvalue weighted by molar-refractivity contribution is 7.90. The van der Waals surface area contributed by atoms with Gasteiger partial charge in [0.15, 0.2) is 5.96 Å². The number of halogens is 3. The van der Waals surface area contributed by atoms with Crippen LogP contribution in [0.3, 0.4) is 0 Å². The van der Waals surface area contributed by atoms with Crippen LogP contribution in [0.1, 0.15) is 45.4 Å². The third-order valence-electron chi connectivity index (χ3n) is 5.48. The first-order valence-corrected chi connectivity index (χ1v) is 12.0. The molecule has 0 saturated carbocycles. The van der Waals surface area contributed by atoms with Crippen molar-refractivity contribution in [2.45, 2.75) is 51.0 Å². The van der Waals surface area contributed by atoms with Gasteiger partial charge in [0.1, 0.15) is 0 Å². The van der Waals surface area contributed by atoms with Gasteiger partial charge in [0, 0.05) is 39.3 Å². The van der Waals surface area contributed by atoms with Gasteiger partial charge < -0.3 is 15.5 Å². The Kier molecular flexibility index (Phi) is 9.48. The Morgan fingerprint density at radius 3 is 2.21 bits per heavy atom. The fraction of sp³-hybridized carbons (Fsp3) is 0.944. The molecule has 2 rings (SSSR count). The van der Waals surface area contributed by atoms with Crippen molar-refractivity contribution < 1.29 is 21.6 Å². The summed E-state index contributed by atoms with van der Waals surface area (Å²) in [5, 5.41) is 6.51. The van der Waals surface area contributed by atoms with Crippen LogP contribution in [0.2, 0.25) is 0 Å². The topological polar surface area (TPSA) is 77.0 Å². The second-order valence-corrected chi connectivity index (χ2v) is 9.62. The van der Waals surface area contributed by atoms with Gasteiger partial charge in [-0.15, -0.1) is 0 Å². The highest BCUT2D eigenvalue weighted by Crippen LogP contribution is 2.30. The minimum Gasteiger partial charge on any atom is -0.357 e. The van der Waals surface area contributed by atoms with Gasteiger partial charge in [-0.25, -0.2) is 8.42 Å². The fourth-order valence-corrected chi connectivity index (χ4v) is 4.72. The molecule has 7 nitrogen and oxygen atoms in total. The van der Waals surface area contributed by atoms with Crippen molar-refractivity contribution in [1.82, 2.24) is 19.8 Å². The number of hydrogen-bond donors (Lipinski definition) is 2. The molecule has 2 aliphatic heterocycles. The smallest absolute Gasteiger partial charge is 0.357 e. The lowest BCUT2D eigenvalue weighted by atomic mass is 9.98. The molecule has 0 radical (unpaired) electrons. The van der Waals surface area contributed by atoms with Crippen LogP contribution >= 0.6 is 0 Å². The number of piperidine rings is 1. The zero-order valence-electron chi connectivity index (χ0n) is 17.2. The van der Waals surface area contributed by atoms with E-state index in [0.29, 0.717) is 29.7 Å². The van der Waals surface area contributed by atoms with Crippen LogP contribution in [-0.4, -0.2) is 81.4 Å². The Morgan fingerprint density at radius 2 is 1.66 bits per heavy atom. The Hall–Kier alpha value is -1.07. The van der Waals surface area contributed by atoms with Crippen molar-refractivity contribution in [3.8, 4) is 0 Å². The van der Waals surface area contributed by atoms with Crippen molar-refractivity contribution in [2.24, 2.45) is 10.9 Å². The molecule has 0 atom stereocenters. The van der Waals surface area contributed by atoms with Crippen LogP contribution < -0.4 is 10.6 Å². The number of hydrogen-bond acceptors (Lipinski definition) is 4. The minimum atomic E-state index is -5.23. The third kappa shape index (κ3) is 7.60. The summed E-state index contributed by atoms with van der Waals surface area (Å²) in [5.41, 5.74) is -5.23. The molecule has 0 aromatic carbocycles. The number of guanidine groups is 1. The van der Waals surface area contributed by atoms with E-state index in [1.54, 1.807) is 0 Å². The maximum Gasteiger partial charge on any atom is 0.511 e. The monoisotopic (exact) mass is 441 g/mol. The molecule has 29 heavy (non-hydrogen) atoms. The largest absolute Gasteiger partial charge is 0.511 e. The highest BCUT2D eigenvalue weighted by atomic mass is 32.2. The summed E-state index contributed by atoms with van der Waals surface area (Å²) in [7, 11) is -5.22. The molecule has 2 N–H and O–H groups in total. The number of likely N-dealkylation sites (tertiary alicyclic amines) is 1. The molecular formula is C18H34F3N5O2S. The van der Waals surface area contributed by atoms with Gasteiger partial charge in [-0.05, 0) is 51.6 Å². The van der Waals surface area contributed by atoms with Crippen LogP contribution in [-0.2, 0) is 10.0 Å². The van der Waals surface area contributed by atoms with Crippen LogP contribution in [0.25, 0.3) is 0 Å². The Labute approximate surface area is 172 Å². The summed E-state index contributed by atoms with van der Waals surface area (Å²) in [6.07, 6.45) is 5.86. The molecule has 170 valence electrons. The molecule has 2 saturated heterocycles. The van der Waals surface area contributed by atoms with Crippen LogP contribution in [0, 0.1) is 5.92 Å². The van der Waals surface area contributed by atoms with E-state index in [0.717, 1.165) is 32.7 Å². The Bertz CT molecular complexity index is 611. The zero-order chi connectivity index (χ0) is 21.3. The number of nitrogens with one attached hydrogen (secondary N) is 2. The summed E-state index contributed by atoms with van der Waals surface area (Å²) in [4.78, 5) is 7.02. The predicted molar refractivity (Wildman–Crippen MR) is 108 cm³/mol. The summed E-state index contributed by atoms with van der Waals surface area (Å²) < 4.78 is 61.5. The first kappa shape index (κ1) is 24.2. The van der Waals surface area contributed by atoms with Gasteiger partial charge >= 0.3 is 15.5 Å². The molecule has 0 aromatic heterocycles. The summed E-state index contributed by atoms with van der Waals surface area (Å²) in [5.74, 6) is 0.781. The van der Waals surface area contributed by atoms with Crippen LogP contribution in [0.15, 0.2) is 4.99 Å². The van der Waals surface area contributed by atoms with Gasteiger partial charge in [0.2, 0.25) is 0 Å². The SMILES string of the molecule is CCNC(=NCC1CCN(S(=O)(=O)C(F)(F)F)CC1)NCCN1CCCCCC1.